The van der Waals surface area contributed by atoms with Crippen LogP contribution in [0.15, 0.2) is 57.7 Å². The van der Waals surface area contributed by atoms with Crippen LogP contribution < -0.4 is 11.1 Å². The van der Waals surface area contributed by atoms with E-state index in [9.17, 15) is 27.6 Å². The molecule has 3 rings (SSSR count). The van der Waals surface area contributed by atoms with Gasteiger partial charge in [0.2, 0.25) is 0 Å². The number of aromatic nitrogens is 1. The quantitative estimate of drug-likeness (QED) is 0.614. The van der Waals surface area contributed by atoms with Gasteiger partial charge >= 0.3 is 17.9 Å². The summed E-state index contributed by atoms with van der Waals surface area (Å²) in [5.41, 5.74) is -0.0905. The van der Waals surface area contributed by atoms with Crippen molar-refractivity contribution in [3.8, 4) is 0 Å². The highest BCUT2D eigenvalue weighted by atomic mass is 19.4. The number of benzene rings is 2. The maximum absolute atomic E-state index is 12.8. The molecule has 0 aliphatic heterocycles. The third-order valence-electron chi connectivity index (χ3n) is 4.25. The number of ether oxygens (including phenoxy) is 1. The molecule has 0 bridgehead atoms. The smallest absolute Gasteiger partial charge is 0.419 e. The van der Waals surface area contributed by atoms with Crippen LogP contribution in [-0.2, 0) is 27.0 Å². The lowest BCUT2D eigenvalue weighted by Gasteiger charge is -2.14. The Labute approximate surface area is 168 Å². The minimum Gasteiger partial charge on any atom is -0.452 e. The maximum atomic E-state index is 12.8. The monoisotopic (exact) mass is 422 g/mol. The number of amides is 1. The van der Waals surface area contributed by atoms with E-state index in [-0.39, 0.29) is 18.7 Å². The second-order valence-corrected chi connectivity index (χ2v) is 6.44. The number of nitrogens with zero attached hydrogens (tertiary/aromatic N) is 1. The number of fused-ring (bicyclic) bond motifs is 1. The highest BCUT2D eigenvalue weighted by Crippen LogP contribution is 2.30. The molecule has 1 unspecified atom stereocenters. The summed E-state index contributed by atoms with van der Waals surface area (Å²) in [5.74, 6) is -2.16. The summed E-state index contributed by atoms with van der Waals surface area (Å²) in [7, 11) is 0. The van der Waals surface area contributed by atoms with Gasteiger partial charge in [-0.25, -0.2) is 4.79 Å². The van der Waals surface area contributed by atoms with Crippen LogP contribution in [0.25, 0.3) is 11.1 Å². The molecular weight excluding hydrogens is 405 g/mol. The first-order valence-electron chi connectivity index (χ1n) is 8.91. The van der Waals surface area contributed by atoms with Gasteiger partial charge in [0, 0.05) is 12.2 Å². The molecule has 0 saturated heterocycles. The standard InChI is InChI=1S/C20H17F3N2O5/c1-12(18(27)24-14-6-4-5-13(11-14)20(21,22)23)29-17(26)9-10-25-15-7-2-3-8-16(15)30-19(25)28/h2-8,11-12H,9-10H2,1H3,(H,24,27). The summed E-state index contributed by atoms with van der Waals surface area (Å²) < 4.78 is 49.6. The van der Waals surface area contributed by atoms with Crippen LogP contribution in [0.4, 0.5) is 18.9 Å². The topological polar surface area (TPSA) is 90.5 Å². The molecule has 1 heterocycles. The number of halogens is 3. The van der Waals surface area contributed by atoms with Crippen LogP contribution in [0.2, 0.25) is 0 Å². The molecule has 0 aliphatic carbocycles. The summed E-state index contributed by atoms with van der Waals surface area (Å²) in [5, 5.41) is 2.28. The van der Waals surface area contributed by atoms with E-state index in [1.165, 1.54) is 17.6 Å². The highest BCUT2D eigenvalue weighted by molar-refractivity contribution is 5.95. The van der Waals surface area contributed by atoms with Crippen LogP contribution in [0.3, 0.4) is 0 Å². The Balaban J connectivity index is 1.57. The van der Waals surface area contributed by atoms with E-state index >= 15 is 0 Å². The number of para-hydroxylation sites is 2. The summed E-state index contributed by atoms with van der Waals surface area (Å²) in [6, 6.07) is 10.8. The van der Waals surface area contributed by atoms with Gasteiger partial charge in [-0.1, -0.05) is 18.2 Å². The SMILES string of the molecule is CC(OC(=O)CCn1c(=O)oc2ccccc21)C(=O)Nc1cccc(C(F)(F)F)c1. The first kappa shape index (κ1) is 21.2. The van der Waals surface area contributed by atoms with Crippen molar-refractivity contribution in [1.29, 1.82) is 0 Å². The number of esters is 1. The van der Waals surface area contributed by atoms with Gasteiger partial charge in [-0.3, -0.25) is 14.2 Å². The molecule has 0 radical (unpaired) electrons. The predicted octanol–water partition coefficient (Wildman–Crippen LogP) is 3.57. The molecule has 3 aromatic rings. The number of alkyl halides is 3. The van der Waals surface area contributed by atoms with E-state index < -0.39 is 35.5 Å². The van der Waals surface area contributed by atoms with E-state index in [4.69, 9.17) is 9.15 Å². The number of hydrogen-bond acceptors (Lipinski definition) is 5. The summed E-state index contributed by atoms with van der Waals surface area (Å²) in [4.78, 5) is 36.1. The minimum atomic E-state index is -4.55. The Morgan fingerprint density at radius 1 is 1.17 bits per heavy atom. The number of carbonyl (C=O) groups excluding carboxylic acids is 2. The van der Waals surface area contributed by atoms with Crippen LogP contribution in [0, 0.1) is 0 Å². The van der Waals surface area contributed by atoms with Gasteiger partial charge in [-0.2, -0.15) is 13.2 Å². The first-order valence-corrected chi connectivity index (χ1v) is 8.91. The highest BCUT2D eigenvalue weighted by Gasteiger charge is 2.30. The molecule has 30 heavy (non-hydrogen) atoms. The number of nitrogens with one attached hydrogen (secondary N) is 1. The molecule has 7 nitrogen and oxygen atoms in total. The third kappa shape index (κ3) is 4.88. The Morgan fingerprint density at radius 2 is 1.90 bits per heavy atom. The molecular formula is C20H17F3N2O5. The van der Waals surface area contributed by atoms with Gasteiger partial charge in [0.1, 0.15) is 0 Å². The van der Waals surface area contributed by atoms with Gasteiger partial charge < -0.3 is 14.5 Å². The van der Waals surface area contributed by atoms with Crippen molar-refractivity contribution in [2.75, 3.05) is 5.32 Å². The summed E-state index contributed by atoms with van der Waals surface area (Å²) in [6.07, 6.45) is -6.00. The zero-order valence-electron chi connectivity index (χ0n) is 15.7. The molecule has 0 spiro atoms. The molecule has 0 saturated carbocycles. The van der Waals surface area contributed by atoms with Gasteiger partial charge in [0.05, 0.1) is 17.5 Å². The molecule has 2 aromatic carbocycles. The number of oxazole rings is 1. The van der Waals surface area contributed by atoms with E-state index in [0.717, 1.165) is 18.2 Å². The zero-order valence-corrected chi connectivity index (χ0v) is 15.7. The number of anilines is 1. The molecule has 158 valence electrons. The number of aryl methyl sites for hydroxylation is 1. The van der Waals surface area contributed by atoms with Gasteiger partial charge in [-0.05, 0) is 37.3 Å². The predicted molar refractivity (Wildman–Crippen MR) is 101 cm³/mol. The van der Waals surface area contributed by atoms with Crippen molar-refractivity contribution in [3.05, 3.63) is 64.6 Å². The van der Waals surface area contributed by atoms with Crippen molar-refractivity contribution in [1.82, 2.24) is 4.57 Å². The van der Waals surface area contributed by atoms with E-state index in [1.807, 2.05) is 0 Å². The molecule has 1 atom stereocenters. The molecule has 10 heteroatoms. The van der Waals surface area contributed by atoms with Crippen molar-refractivity contribution in [3.63, 3.8) is 0 Å². The van der Waals surface area contributed by atoms with Crippen molar-refractivity contribution in [2.24, 2.45) is 0 Å². The fourth-order valence-corrected chi connectivity index (χ4v) is 2.76. The Bertz CT molecular complexity index is 1130. The zero-order chi connectivity index (χ0) is 21.9. The number of rotatable bonds is 6. The molecule has 1 amide bonds. The van der Waals surface area contributed by atoms with E-state index in [1.54, 1.807) is 24.3 Å². The summed E-state index contributed by atoms with van der Waals surface area (Å²) in [6.45, 7) is 1.27. The third-order valence-corrected chi connectivity index (χ3v) is 4.25. The van der Waals surface area contributed by atoms with Crippen LogP contribution in [0.5, 0.6) is 0 Å². The molecule has 0 fully saturated rings. The van der Waals surface area contributed by atoms with Crippen LogP contribution >= 0.6 is 0 Å². The Kier molecular flexibility index (Phi) is 5.95. The average Bonchev–Trinajstić information content (AvgIpc) is 3.01. The van der Waals surface area contributed by atoms with Gasteiger partial charge in [0.15, 0.2) is 11.7 Å². The Hall–Kier alpha value is -3.56. The average molecular weight is 422 g/mol. The normalized spacial score (nSPS) is 12.5. The van der Waals surface area contributed by atoms with Gasteiger partial charge in [0.25, 0.3) is 5.91 Å². The second kappa shape index (κ2) is 8.44. The lowest BCUT2D eigenvalue weighted by molar-refractivity contribution is -0.153. The van der Waals surface area contributed by atoms with Crippen molar-refractivity contribution in [2.45, 2.75) is 32.2 Å². The second-order valence-electron chi connectivity index (χ2n) is 6.44. The maximum Gasteiger partial charge on any atom is 0.419 e. The molecule has 0 aliphatic rings. The van der Waals surface area contributed by atoms with Crippen LogP contribution in [-0.4, -0.2) is 22.5 Å². The fraction of sp³-hybridized carbons (Fsp3) is 0.250. The Morgan fingerprint density at radius 3 is 2.63 bits per heavy atom. The number of hydrogen-bond donors (Lipinski definition) is 1. The van der Waals surface area contributed by atoms with Gasteiger partial charge in [-0.15, -0.1) is 0 Å². The minimum absolute atomic E-state index is 0.0172. The lowest BCUT2D eigenvalue weighted by atomic mass is 10.2. The van der Waals surface area contributed by atoms with Crippen molar-refractivity contribution >= 4 is 28.7 Å². The number of carbonyl (C=O) groups is 2. The van der Waals surface area contributed by atoms with E-state index in [0.29, 0.717) is 11.1 Å². The van der Waals surface area contributed by atoms with Crippen molar-refractivity contribution < 1.29 is 31.9 Å². The summed E-state index contributed by atoms with van der Waals surface area (Å²) >= 11 is 0. The largest absolute Gasteiger partial charge is 0.452 e. The molecule has 1 aromatic heterocycles. The first-order chi connectivity index (χ1) is 14.1. The van der Waals surface area contributed by atoms with E-state index in [2.05, 4.69) is 5.32 Å². The fourth-order valence-electron chi connectivity index (χ4n) is 2.76. The van der Waals surface area contributed by atoms with Crippen LogP contribution in [0.1, 0.15) is 18.9 Å². The lowest BCUT2D eigenvalue weighted by Crippen LogP contribution is -2.30. The molecule has 1 N–H and O–H groups in total.